The zero-order valence-electron chi connectivity index (χ0n) is 9.36. The highest BCUT2D eigenvalue weighted by Gasteiger charge is 2.30. The van der Waals surface area contributed by atoms with E-state index in [-0.39, 0.29) is 0 Å². The molecule has 1 aliphatic carbocycles. The lowest BCUT2D eigenvalue weighted by Crippen LogP contribution is -2.27. The molecule has 0 amide bonds. The van der Waals surface area contributed by atoms with Crippen LogP contribution in [0.4, 0.5) is 5.69 Å². The molecular formula is C13H12BrN3. The highest BCUT2D eigenvalue weighted by molar-refractivity contribution is 9.10. The molecule has 2 rings (SSSR count). The van der Waals surface area contributed by atoms with Crippen molar-refractivity contribution in [1.29, 1.82) is 10.5 Å². The minimum atomic E-state index is 0.497. The van der Waals surface area contributed by atoms with Crippen molar-refractivity contribution in [3.63, 3.8) is 0 Å². The summed E-state index contributed by atoms with van der Waals surface area (Å²) < 4.78 is 0.911. The van der Waals surface area contributed by atoms with Gasteiger partial charge in [-0.1, -0.05) is 15.9 Å². The summed E-state index contributed by atoms with van der Waals surface area (Å²) in [5.74, 6) is 0. The van der Waals surface area contributed by atoms with Crippen molar-refractivity contribution in [2.45, 2.75) is 25.3 Å². The van der Waals surface area contributed by atoms with Crippen molar-refractivity contribution in [3.05, 3.63) is 28.2 Å². The Morgan fingerprint density at radius 1 is 1.35 bits per heavy atom. The van der Waals surface area contributed by atoms with E-state index in [1.807, 2.05) is 18.2 Å². The van der Waals surface area contributed by atoms with Gasteiger partial charge in [0.1, 0.15) is 6.07 Å². The molecule has 0 atom stereocenters. The van der Waals surface area contributed by atoms with Gasteiger partial charge in [0.25, 0.3) is 0 Å². The standard InChI is InChI=1S/C13H12BrN3/c14-11-2-5-13(10(8-11)9-16)17(7-1-6-15)12-3-4-12/h2,5,8,12H,1,3-4,7H2. The van der Waals surface area contributed by atoms with Crippen LogP contribution in [-0.2, 0) is 0 Å². The van der Waals surface area contributed by atoms with Crippen molar-refractivity contribution in [2.75, 3.05) is 11.4 Å². The molecule has 0 bridgehead atoms. The second-order valence-corrected chi connectivity index (χ2v) is 5.02. The van der Waals surface area contributed by atoms with Gasteiger partial charge in [0.15, 0.2) is 0 Å². The van der Waals surface area contributed by atoms with Gasteiger partial charge in [0.2, 0.25) is 0 Å². The molecule has 0 aromatic heterocycles. The molecule has 1 fully saturated rings. The molecule has 0 aliphatic heterocycles. The van der Waals surface area contributed by atoms with Gasteiger partial charge in [-0.2, -0.15) is 10.5 Å². The summed E-state index contributed by atoms with van der Waals surface area (Å²) in [6.45, 7) is 0.706. The maximum absolute atomic E-state index is 9.16. The number of hydrogen-bond acceptors (Lipinski definition) is 3. The minimum absolute atomic E-state index is 0.497. The second-order valence-electron chi connectivity index (χ2n) is 4.11. The van der Waals surface area contributed by atoms with Crippen LogP contribution < -0.4 is 4.90 Å². The fourth-order valence-electron chi connectivity index (χ4n) is 1.90. The third-order valence-corrected chi connectivity index (χ3v) is 3.33. The van der Waals surface area contributed by atoms with Gasteiger partial charge < -0.3 is 4.90 Å². The molecule has 86 valence electrons. The molecule has 0 spiro atoms. The molecule has 0 heterocycles. The van der Waals surface area contributed by atoms with Gasteiger partial charge in [-0.05, 0) is 31.0 Å². The molecule has 3 nitrogen and oxygen atoms in total. The summed E-state index contributed by atoms with van der Waals surface area (Å²) in [4.78, 5) is 2.19. The van der Waals surface area contributed by atoms with E-state index in [2.05, 4.69) is 33.0 Å². The highest BCUT2D eigenvalue weighted by Crippen LogP contribution is 2.34. The number of hydrogen-bond donors (Lipinski definition) is 0. The number of anilines is 1. The first-order valence-corrected chi connectivity index (χ1v) is 6.39. The average Bonchev–Trinajstić information content (AvgIpc) is 3.15. The average molecular weight is 290 g/mol. The first-order chi connectivity index (χ1) is 8.26. The minimum Gasteiger partial charge on any atom is -0.366 e. The molecule has 0 unspecified atom stereocenters. The second kappa shape index (κ2) is 5.21. The Morgan fingerprint density at radius 2 is 2.12 bits per heavy atom. The largest absolute Gasteiger partial charge is 0.366 e. The lowest BCUT2D eigenvalue weighted by Gasteiger charge is -2.24. The molecule has 1 saturated carbocycles. The topological polar surface area (TPSA) is 50.8 Å². The molecule has 4 heteroatoms. The SMILES string of the molecule is N#CCCN(c1ccc(Br)cc1C#N)C1CC1. The van der Waals surface area contributed by atoms with Crippen LogP contribution in [0.25, 0.3) is 0 Å². The maximum Gasteiger partial charge on any atom is 0.101 e. The van der Waals surface area contributed by atoms with E-state index >= 15 is 0 Å². The van der Waals surface area contributed by atoms with Crippen LogP contribution in [0.5, 0.6) is 0 Å². The van der Waals surface area contributed by atoms with E-state index in [0.29, 0.717) is 24.6 Å². The summed E-state index contributed by atoms with van der Waals surface area (Å²) in [6.07, 6.45) is 2.82. The van der Waals surface area contributed by atoms with Gasteiger partial charge in [0.05, 0.1) is 23.7 Å². The Morgan fingerprint density at radius 3 is 2.71 bits per heavy atom. The van der Waals surface area contributed by atoms with Gasteiger partial charge in [0, 0.05) is 17.1 Å². The van der Waals surface area contributed by atoms with Gasteiger partial charge in [-0.25, -0.2) is 0 Å². The lowest BCUT2D eigenvalue weighted by molar-refractivity contribution is 0.792. The number of rotatable bonds is 4. The molecule has 1 aromatic rings. The van der Waals surface area contributed by atoms with Gasteiger partial charge in [-0.15, -0.1) is 0 Å². The zero-order valence-corrected chi connectivity index (χ0v) is 10.9. The van der Waals surface area contributed by atoms with Crippen LogP contribution in [0.2, 0.25) is 0 Å². The quantitative estimate of drug-likeness (QED) is 0.855. The van der Waals surface area contributed by atoms with E-state index in [9.17, 15) is 0 Å². The molecule has 17 heavy (non-hydrogen) atoms. The molecule has 0 radical (unpaired) electrons. The summed E-state index contributed by atoms with van der Waals surface area (Å²) in [6, 6.07) is 10.6. The number of nitriles is 2. The number of halogens is 1. The van der Waals surface area contributed by atoms with Crippen molar-refractivity contribution in [1.82, 2.24) is 0 Å². The molecular weight excluding hydrogens is 278 g/mol. The predicted molar refractivity (Wildman–Crippen MR) is 69.5 cm³/mol. The lowest BCUT2D eigenvalue weighted by atomic mass is 10.1. The summed E-state index contributed by atoms with van der Waals surface area (Å²) in [5.41, 5.74) is 1.62. The molecule has 1 aliphatic rings. The maximum atomic E-state index is 9.16. The van der Waals surface area contributed by atoms with E-state index in [4.69, 9.17) is 10.5 Å². The Bertz CT molecular complexity index is 494. The normalized spacial score (nSPS) is 13.8. The van der Waals surface area contributed by atoms with Crippen LogP contribution in [-0.4, -0.2) is 12.6 Å². The summed E-state index contributed by atoms with van der Waals surface area (Å²) in [7, 11) is 0. The third kappa shape index (κ3) is 2.78. The fourth-order valence-corrected chi connectivity index (χ4v) is 2.27. The van der Waals surface area contributed by atoms with E-state index in [0.717, 1.165) is 23.0 Å². The van der Waals surface area contributed by atoms with Crippen molar-refractivity contribution in [3.8, 4) is 12.1 Å². The van der Waals surface area contributed by atoms with Crippen LogP contribution in [0.3, 0.4) is 0 Å². The Kier molecular flexibility index (Phi) is 3.66. The van der Waals surface area contributed by atoms with Crippen LogP contribution in [0.15, 0.2) is 22.7 Å². The van der Waals surface area contributed by atoms with E-state index in [1.165, 1.54) is 0 Å². The highest BCUT2D eigenvalue weighted by atomic mass is 79.9. The molecule has 1 aromatic carbocycles. The van der Waals surface area contributed by atoms with Crippen molar-refractivity contribution >= 4 is 21.6 Å². The van der Waals surface area contributed by atoms with Crippen LogP contribution >= 0.6 is 15.9 Å². The van der Waals surface area contributed by atoms with Crippen molar-refractivity contribution in [2.24, 2.45) is 0 Å². The van der Waals surface area contributed by atoms with Crippen LogP contribution in [0, 0.1) is 22.7 Å². The fraction of sp³-hybridized carbons (Fsp3) is 0.385. The van der Waals surface area contributed by atoms with Crippen LogP contribution in [0.1, 0.15) is 24.8 Å². The first kappa shape index (κ1) is 12.0. The van der Waals surface area contributed by atoms with Crippen molar-refractivity contribution < 1.29 is 0 Å². The number of nitrogens with zero attached hydrogens (tertiary/aromatic N) is 3. The zero-order chi connectivity index (χ0) is 12.3. The molecule has 0 saturated heterocycles. The van der Waals surface area contributed by atoms with E-state index in [1.54, 1.807) is 0 Å². The number of benzene rings is 1. The smallest absolute Gasteiger partial charge is 0.101 e. The molecule has 0 N–H and O–H groups in total. The third-order valence-electron chi connectivity index (χ3n) is 2.84. The summed E-state index contributed by atoms with van der Waals surface area (Å²) in [5, 5.41) is 17.8. The Balaban J connectivity index is 2.29. The van der Waals surface area contributed by atoms with Gasteiger partial charge in [-0.3, -0.25) is 0 Å². The first-order valence-electron chi connectivity index (χ1n) is 5.59. The van der Waals surface area contributed by atoms with Gasteiger partial charge >= 0.3 is 0 Å². The summed E-state index contributed by atoms with van der Waals surface area (Å²) >= 11 is 3.37. The monoisotopic (exact) mass is 289 g/mol. The Labute approximate surface area is 109 Å². The van der Waals surface area contributed by atoms with E-state index < -0.39 is 0 Å². The Hall–Kier alpha value is -1.52. The predicted octanol–water partition coefficient (Wildman–Crippen LogP) is 3.20.